The molecule has 1 fully saturated rings. The summed E-state index contributed by atoms with van der Waals surface area (Å²) in [6, 6.07) is 8.03. The first-order valence-electron chi connectivity index (χ1n) is 11.1. The van der Waals surface area contributed by atoms with Gasteiger partial charge < -0.3 is 4.98 Å². The van der Waals surface area contributed by atoms with Crippen LogP contribution in [0.3, 0.4) is 0 Å². The molecule has 1 N–H and O–H groups in total. The third-order valence-corrected chi connectivity index (χ3v) is 6.57. The molecule has 160 valence electrons. The molecule has 1 aliphatic heterocycles. The van der Waals surface area contributed by atoms with E-state index in [1.165, 1.54) is 12.0 Å². The zero-order valence-electron chi connectivity index (χ0n) is 18.5. The Balaban J connectivity index is 1.90. The van der Waals surface area contributed by atoms with E-state index in [0.717, 1.165) is 61.1 Å². The number of aryl methyl sites for hydroxylation is 1. The number of aromatic amines is 1. The van der Waals surface area contributed by atoms with Crippen molar-refractivity contribution in [3.8, 4) is 0 Å². The number of hydrogen-bond donors (Lipinski definition) is 1. The van der Waals surface area contributed by atoms with Gasteiger partial charge in [0.1, 0.15) is 6.04 Å². The Hall–Kier alpha value is -2.54. The molecule has 0 bridgehead atoms. The fourth-order valence-electron chi connectivity index (χ4n) is 4.32. The first-order chi connectivity index (χ1) is 14.4. The van der Waals surface area contributed by atoms with Crippen LogP contribution >= 0.6 is 0 Å². The van der Waals surface area contributed by atoms with Gasteiger partial charge in [0.25, 0.3) is 5.56 Å². The van der Waals surface area contributed by atoms with Crippen LogP contribution in [0.2, 0.25) is 0 Å². The molecule has 0 amide bonds. The van der Waals surface area contributed by atoms with Gasteiger partial charge in [-0.25, -0.2) is 4.68 Å². The minimum atomic E-state index is -0.260. The highest BCUT2D eigenvalue weighted by Crippen LogP contribution is 2.32. The van der Waals surface area contributed by atoms with Crippen LogP contribution in [0.4, 0.5) is 0 Å². The third-order valence-electron chi connectivity index (χ3n) is 6.57. The molecule has 1 aliphatic rings. The van der Waals surface area contributed by atoms with Gasteiger partial charge in [0.15, 0.2) is 5.82 Å². The van der Waals surface area contributed by atoms with Gasteiger partial charge in [-0.05, 0) is 92.2 Å². The molecule has 0 unspecified atom stereocenters. The smallest absolute Gasteiger partial charge is 0.253 e. The summed E-state index contributed by atoms with van der Waals surface area (Å²) >= 11 is 0. The zero-order valence-corrected chi connectivity index (χ0v) is 18.5. The van der Waals surface area contributed by atoms with Crippen LogP contribution in [0.1, 0.15) is 76.4 Å². The number of pyridine rings is 1. The Labute approximate surface area is 177 Å². The summed E-state index contributed by atoms with van der Waals surface area (Å²) in [5.74, 6) is 0.750. The lowest BCUT2D eigenvalue weighted by Crippen LogP contribution is -2.40. The molecular weight excluding hydrogens is 376 g/mol. The number of tetrazole rings is 1. The van der Waals surface area contributed by atoms with Crippen molar-refractivity contribution in [2.45, 2.75) is 71.4 Å². The van der Waals surface area contributed by atoms with Crippen LogP contribution in [-0.4, -0.2) is 43.2 Å². The average Bonchev–Trinajstić information content (AvgIpc) is 3.25. The number of rotatable bonds is 6. The molecule has 2 aromatic heterocycles. The van der Waals surface area contributed by atoms with E-state index in [4.69, 9.17) is 0 Å². The van der Waals surface area contributed by atoms with E-state index < -0.39 is 0 Å². The minimum absolute atomic E-state index is 0.0637. The molecular formula is C23H32N6O. The molecule has 7 heteroatoms. The van der Waals surface area contributed by atoms with Crippen LogP contribution in [0.15, 0.2) is 29.1 Å². The summed E-state index contributed by atoms with van der Waals surface area (Å²) in [7, 11) is 0. The predicted molar refractivity (Wildman–Crippen MR) is 119 cm³/mol. The van der Waals surface area contributed by atoms with E-state index in [2.05, 4.69) is 65.2 Å². The van der Waals surface area contributed by atoms with Gasteiger partial charge >= 0.3 is 0 Å². The minimum Gasteiger partial charge on any atom is -0.322 e. The molecule has 0 saturated carbocycles. The second-order valence-corrected chi connectivity index (χ2v) is 8.94. The maximum absolute atomic E-state index is 13.2. The van der Waals surface area contributed by atoms with E-state index in [1.807, 2.05) is 16.8 Å². The number of benzene rings is 1. The topological polar surface area (TPSA) is 79.7 Å². The van der Waals surface area contributed by atoms with Crippen molar-refractivity contribution in [3.05, 3.63) is 51.6 Å². The summed E-state index contributed by atoms with van der Waals surface area (Å²) in [4.78, 5) is 18.7. The van der Waals surface area contributed by atoms with E-state index in [1.54, 1.807) is 0 Å². The number of hydrogen-bond acceptors (Lipinski definition) is 5. The maximum atomic E-state index is 13.2. The van der Waals surface area contributed by atoms with Gasteiger partial charge in [0.2, 0.25) is 0 Å². The Bertz CT molecular complexity index is 1080. The predicted octanol–water partition coefficient (Wildman–Crippen LogP) is 3.80. The first-order valence-corrected chi connectivity index (χ1v) is 11.1. The molecule has 1 atom stereocenters. The van der Waals surface area contributed by atoms with Crippen molar-refractivity contribution in [2.75, 3.05) is 13.1 Å². The van der Waals surface area contributed by atoms with Crippen LogP contribution < -0.4 is 5.56 Å². The van der Waals surface area contributed by atoms with Crippen molar-refractivity contribution in [2.24, 2.45) is 0 Å². The molecule has 0 spiro atoms. The van der Waals surface area contributed by atoms with Gasteiger partial charge in [0.05, 0.1) is 5.54 Å². The average molecular weight is 409 g/mol. The summed E-state index contributed by atoms with van der Waals surface area (Å²) in [5.41, 5.74) is 2.55. The molecule has 0 radical (unpaired) electrons. The van der Waals surface area contributed by atoms with Gasteiger partial charge in [-0.3, -0.25) is 9.69 Å². The number of H-pyrrole nitrogens is 1. The molecule has 4 rings (SSSR count). The molecule has 1 aromatic carbocycles. The Kier molecular flexibility index (Phi) is 5.73. The lowest BCUT2D eigenvalue weighted by molar-refractivity contribution is 0.167. The van der Waals surface area contributed by atoms with E-state index in [-0.39, 0.29) is 17.1 Å². The van der Waals surface area contributed by atoms with Gasteiger partial charge in [0, 0.05) is 11.1 Å². The number of aromatic nitrogens is 5. The largest absolute Gasteiger partial charge is 0.322 e. The highest BCUT2D eigenvalue weighted by molar-refractivity contribution is 5.80. The number of nitrogens with one attached hydrogen (secondary N) is 1. The van der Waals surface area contributed by atoms with Crippen LogP contribution in [0.5, 0.6) is 0 Å². The maximum Gasteiger partial charge on any atom is 0.253 e. The Morgan fingerprint density at radius 3 is 2.60 bits per heavy atom. The molecule has 1 saturated heterocycles. The lowest BCUT2D eigenvalue weighted by atomic mass is 9.97. The summed E-state index contributed by atoms with van der Waals surface area (Å²) in [6.07, 6.45) is 5.33. The molecule has 3 aromatic rings. The highest BCUT2D eigenvalue weighted by atomic mass is 16.1. The standard InChI is InChI=1S/C23H32N6O/c1-5-16-10-11-19-17(14-16)15-18(22(30)24-19)20(28-12-8-7-9-13-28)21-25-26-27-29(21)23(3,4)6-2/h10-11,14-15,20H,5-9,12-13H2,1-4H3,(H,24,30)/t20-/m0/s1. The van der Waals surface area contributed by atoms with Gasteiger partial charge in [-0.15, -0.1) is 5.10 Å². The lowest BCUT2D eigenvalue weighted by Gasteiger charge is -2.35. The molecule has 3 heterocycles. The molecule has 30 heavy (non-hydrogen) atoms. The van der Waals surface area contributed by atoms with Crippen LogP contribution in [0.25, 0.3) is 10.9 Å². The van der Waals surface area contributed by atoms with Crippen molar-refractivity contribution in [3.63, 3.8) is 0 Å². The van der Waals surface area contributed by atoms with Crippen molar-refractivity contribution < 1.29 is 0 Å². The number of piperidine rings is 1. The monoisotopic (exact) mass is 408 g/mol. The fraction of sp³-hybridized carbons (Fsp3) is 0.565. The molecule has 7 nitrogen and oxygen atoms in total. The second-order valence-electron chi connectivity index (χ2n) is 8.94. The normalized spacial score (nSPS) is 16.8. The molecule has 0 aliphatic carbocycles. The quantitative estimate of drug-likeness (QED) is 0.671. The van der Waals surface area contributed by atoms with Crippen molar-refractivity contribution in [1.29, 1.82) is 0 Å². The van der Waals surface area contributed by atoms with Crippen LogP contribution in [-0.2, 0) is 12.0 Å². The van der Waals surface area contributed by atoms with Crippen LogP contribution in [0, 0.1) is 0 Å². The van der Waals surface area contributed by atoms with Crippen molar-refractivity contribution in [1.82, 2.24) is 30.1 Å². The van der Waals surface area contributed by atoms with Crippen molar-refractivity contribution >= 4 is 10.9 Å². The number of likely N-dealkylation sites (tertiary alicyclic amines) is 1. The Morgan fingerprint density at radius 1 is 1.13 bits per heavy atom. The summed E-state index contributed by atoms with van der Waals surface area (Å²) in [5, 5.41) is 13.9. The van der Waals surface area contributed by atoms with E-state index in [0.29, 0.717) is 0 Å². The second kappa shape index (κ2) is 8.30. The SMILES string of the molecule is CCc1ccc2[nH]c(=O)c([C@@H](c3nnnn3C(C)(C)CC)N3CCCCC3)cc2c1. The summed E-state index contributed by atoms with van der Waals surface area (Å²) < 4.78 is 1.92. The summed E-state index contributed by atoms with van der Waals surface area (Å²) in [6.45, 7) is 10.4. The van der Waals surface area contributed by atoms with E-state index in [9.17, 15) is 4.79 Å². The number of nitrogens with zero attached hydrogens (tertiary/aromatic N) is 5. The fourth-order valence-corrected chi connectivity index (χ4v) is 4.32. The van der Waals surface area contributed by atoms with Gasteiger partial charge in [-0.1, -0.05) is 26.3 Å². The van der Waals surface area contributed by atoms with Gasteiger partial charge in [-0.2, -0.15) is 0 Å². The first kappa shape index (κ1) is 20.7. The highest BCUT2D eigenvalue weighted by Gasteiger charge is 2.34. The zero-order chi connectivity index (χ0) is 21.3. The number of fused-ring (bicyclic) bond motifs is 1. The third kappa shape index (κ3) is 3.78. The van der Waals surface area contributed by atoms with E-state index >= 15 is 0 Å². The Morgan fingerprint density at radius 2 is 1.90 bits per heavy atom.